The van der Waals surface area contributed by atoms with E-state index in [1.165, 1.54) is 0 Å². The van der Waals surface area contributed by atoms with Gasteiger partial charge < -0.3 is 21.1 Å². The van der Waals surface area contributed by atoms with Gasteiger partial charge >= 0.3 is 0 Å². The lowest BCUT2D eigenvalue weighted by Gasteiger charge is -2.19. The molecular formula is C11H15N5O. The second-order valence-electron chi connectivity index (χ2n) is 3.74. The van der Waals surface area contributed by atoms with Gasteiger partial charge in [0.1, 0.15) is 12.4 Å². The van der Waals surface area contributed by atoms with Crippen LogP contribution in [-0.4, -0.2) is 30.0 Å². The summed E-state index contributed by atoms with van der Waals surface area (Å²) in [4.78, 5) is 5.51. The second kappa shape index (κ2) is 4.73. The summed E-state index contributed by atoms with van der Waals surface area (Å²) in [5.74, 6) is 0.811. The maximum absolute atomic E-state index is 7.77. The van der Waals surface area contributed by atoms with Gasteiger partial charge in [-0.2, -0.15) is 4.99 Å². The van der Waals surface area contributed by atoms with E-state index in [1.807, 2.05) is 24.3 Å². The van der Waals surface area contributed by atoms with Crippen molar-refractivity contribution in [3.63, 3.8) is 0 Å². The number of hydrogen-bond acceptors (Lipinski definition) is 2. The molecule has 0 spiro atoms. The van der Waals surface area contributed by atoms with Crippen molar-refractivity contribution in [3.05, 3.63) is 29.8 Å². The third kappa shape index (κ3) is 2.66. The van der Waals surface area contributed by atoms with E-state index in [1.54, 1.807) is 4.90 Å². The first-order valence-electron chi connectivity index (χ1n) is 5.30. The molecule has 0 saturated carbocycles. The summed E-state index contributed by atoms with van der Waals surface area (Å²) in [5, 5.41) is 7.77. The van der Waals surface area contributed by atoms with Gasteiger partial charge in [0.05, 0.1) is 6.54 Å². The second-order valence-corrected chi connectivity index (χ2v) is 3.74. The van der Waals surface area contributed by atoms with Gasteiger partial charge in [-0.05, 0) is 6.07 Å². The minimum atomic E-state index is -0.103. The lowest BCUT2D eigenvalue weighted by Crippen LogP contribution is -2.34. The minimum absolute atomic E-state index is 0.0605. The number of benzene rings is 1. The SMILES string of the molecule is N=C(N=C(N)N)N1CCOc2ccccc2C1. The van der Waals surface area contributed by atoms with Gasteiger partial charge in [-0.1, -0.05) is 18.2 Å². The van der Waals surface area contributed by atoms with Crippen molar-refractivity contribution in [2.45, 2.75) is 6.54 Å². The molecule has 1 aromatic rings. The predicted octanol–water partition coefficient (Wildman–Crippen LogP) is 0.0892. The first-order valence-corrected chi connectivity index (χ1v) is 5.30. The van der Waals surface area contributed by atoms with Gasteiger partial charge in [0, 0.05) is 12.1 Å². The molecule has 90 valence electrons. The van der Waals surface area contributed by atoms with Crippen LogP contribution in [0.2, 0.25) is 0 Å². The zero-order valence-electron chi connectivity index (χ0n) is 9.39. The summed E-state index contributed by atoms with van der Waals surface area (Å²) in [6.07, 6.45) is 0. The quantitative estimate of drug-likeness (QED) is 0.436. The average molecular weight is 233 g/mol. The van der Waals surface area contributed by atoms with Crippen LogP contribution in [0.25, 0.3) is 0 Å². The zero-order chi connectivity index (χ0) is 12.3. The normalized spacial score (nSPS) is 14.2. The van der Waals surface area contributed by atoms with Crippen molar-refractivity contribution in [3.8, 4) is 5.75 Å². The van der Waals surface area contributed by atoms with Crippen LogP contribution in [-0.2, 0) is 6.54 Å². The molecule has 0 amide bonds. The Morgan fingerprint density at radius 1 is 1.35 bits per heavy atom. The number of rotatable bonds is 0. The molecule has 6 heteroatoms. The number of para-hydroxylation sites is 1. The highest BCUT2D eigenvalue weighted by molar-refractivity contribution is 5.91. The van der Waals surface area contributed by atoms with E-state index in [9.17, 15) is 0 Å². The summed E-state index contributed by atoms with van der Waals surface area (Å²) in [6, 6.07) is 7.76. The standard InChI is InChI=1S/C11H15N5O/c12-10(13)15-11(14)16-5-6-17-9-4-2-1-3-8(9)7-16/h1-4H,5-7H2,(H5,12,13,14,15). The molecule has 1 aromatic carbocycles. The Bertz CT molecular complexity index is 453. The number of aliphatic imine (C=N–C) groups is 1. The summed E-state index contributed by atoms with van der Waals surface area (Å²) >= 11 is 0. The molecule has 1 aliphatic heterocycles. The van der Waals surface area contributed by atoms with E-state index in [0.29, 0.717) is 19.7 Å². The summed E-state index contributed by atoms with van der Waals surface area (Å²) < 4.78 is 5.58. The number of guanidine groups is 2. The Kier molecular flexibility index (Phi) is 3.13. The Labute approximate surface area is 99.4 Å². The molecule has 0 bridgehead atoms. The smallest absolute Gasteiger partial charge is 0.221 e. The van der Waals surface area contributed by atoms with Crippen LogP contribution in [0.3, 0.4) is 0 Å². The number of nitrogens with zero attached hydrogens (tertiary/aromatic N) is 2. The maximum Gasteiger partial charge on any atom is 0.221 e. The highest BCUT2D eigenvalue weighted by atomic mass is 16.5. The molecule has 2 rings (SSSR count). The zero-order valence-corrected chi connectivity index (χ0v) is 9.39. The first kappa shape index (κ1) is 11.3. The van der Waals surface area contributed by atoms with E-state index in [2.05, 4.69) is 4.99 Å². The van der Waals surface area contributed by atoms with Crippen molar-refractivity contribution in [1.29, 1.82) is 5.41 Å². The minimum Gasteiger partial charge on any atom is -0.491 e. The molecule has 17 heavy (non-hydrogen) atoms. The maximum atomic E-state index is 7.77. The van der Waals surface area contributed by atoms with E-state index in [4.69, 9.17) is 21.6 Å². The average Bonchev–Trinajstić information content (AvgIpc) is 2.49. The van der Waals surface area contributed by atoms with E-state index in [-0.39, 0.29) is 11.9 Å². The largest absolute Gasteiger partial charge is 0.491 e. The molecule has 0 aliphatic carbocycles. The van der Waals surface area contributed by atoms with Crippen molar-refractivity contribution in [2.75, 3.05) is 13.2 Å². The van der Waals surface area contributed by atoms with Crippen LogP contribution < -0.4 is 16.2 Å². The van der Waals surface area contributed by atoms with Crippen LogP contribution in [0.15, 0.2) is 29.3 Å². The number of hydrogen-bond donors (Lipinski definition) is 3. The molecule has 0 saturated heterocycles. The number of nitrogens with two attached hydrogens (primary N) is 2. The van der Waals surface area contributed by atoms with Crippen LogP contribution in [0.4, 0.5) is 0 Å². The molecule has 1 aliphatic rings. The third-order valence-electron chi connectivity index (χ3n) is 2.49. The van der Waals surface area contributed by atoms with Crippen molar-refractivity contribution < 1.29 is 4.74 Å². The summed E-state index contributed by atoms with van der Waals surface area (Å²) in [5.41, 5.74) is 11.6. The van der Waals surface area contributed by atoms with E-state index >= 15 is 0 Å². The summed E-state index contributed by atoms with van der Waals surface area (Å²) in [7, 11) is 0. The van der Waals surface area contributed by atoms with Crippen LogP contribution in [0.1, 0.15) is 5.56 Å². The Morgan fingerprint density at radius 2 is 2.12 bits per heavy atom. The molecule has 0 fully saturated rings. The molecule has 0 atom stereocenters. The first-order chi connectivity index (χ1) is 8.16. The fourth-order valence-electron chi connectivity index (χ4n) is 1.70. The fourth-order valence-corrected chi connectivity index (χ4v) is 1.70. The predicted molar refractivity (Wildman–Crippen MR) is 65.9 cm³/mol. The lowest BCUT2D eigenvalue weighted by atomic mass is 10.2. The van der Waals surface area contributed by atoms with Gasteiger partial charge in [-0.3, -0.25) is 5.41 Å². The van der Waals surface area contributed by atoms with Gasteiger partial charge in [0.25, 0.3) is 0 Å². The topological polar surface area (TPSA) is 101 Å². The molecular weight excluding hydrogens is 218 g/mol. The Balaban J connectivity index is 2.18. The van der Waals surface area contributed by atoms with Gasteiger partial charge in [0.15, 0.2) is 5.96 Å². The van der Waals surface area contributed by atoms with Crippen molar-refractivity contribution in [2.24, 2.45) is 16.5 Å². The highest BCUT2D eigenvalue weighted by Gasteiger charge is 2.16. The van der Waals surface area contributed by atoms with Crippen molar-refractivity contribution >= 4 is 11.9 Å². The third-order valence-corrected chi connectivity index (χ3v) is 2.49. The molecule has 5 N–H and O–H groups in total. The van der Waals surface area contributed by atoms with E-state index in [0.717, 1.165) is 11.3 Å². The van der Waals surface area contributed by atoms with Gasteiger partial charge in [-0.25, -0.2) is 0 Å². The molecule has 0 aromatic heterocycles. The van der Waals surface area contributed by atoms with Crippen LogP contribution in [0, 0.1) is 5.41 Å². The van der Waals surface area contributed by atoms with E-state index < -0.39 is 0 Å². The number of nitrogens with one attached hydrogen (secondary N) is 1. The summed E-state index contributed by atoms with van der Waals surface area (Å²) in [6.45, 7) is 1.68. The fraction of sp³-hybridized carbons (Fsp3) is 0.273. The lowest BCUT2D eigenvalue weighted by molar-refractivity contribution is 0.288. The highest BCUT2D eigenvalue weighted by Crippen LogP contribution is 2.22. The Morgan fingerprint density at radius 3 is 2.88 bits per heavy atom. The van der Waals surface area contributed by atoms with Crippen LogP contribution >= 0.6 is 0 Å². The molecule has 0 unspecified atom stereocenters. The van der Waals surface area contributed by atoms with Gasteiger partial charge in [0.2, 0.25) is 5.96 Å². The van der Waals surface area contributed by atoms with Crippen LogP contribution in [0.5, 0.6) is 5.75 Å². The molecule has 6 nitrogen and oxygen atoms in total. The monoisotopic (exact) mass is 233 g/mol. The molecule has 1 heterocycles. The number of ether oxygens (including phenoxy) is 1. The molecule has 0 radical (unpaired) electrons. The Hall–Kier alpha value is -2.24. The van der Waals surface area contributed by atoms with Crippen molar-refractivity contribution in [1.82, 2.24) is 4.90 Å². The number of fused-ring (bicyclic) bond motifs is 1. The van der Waals surface area contributed by atoms with Gasteiger partial charge in [-0.15, -0.1) is 0 Å².